The van der Waals surface area contributed by atoms with Crippen LogP contribution in [-0.4, -0.2) is 22.5 Å². The SMILES string of the molecule is O=C(O)OC(=O)O.[H-].[H-].[H-].[K+].[Na+].[Na+]. The van der Waals surface area contributed by atoms with E-state index >= 15 is 0 Å². The number of carbonyl (C=O) groups is 2. The largest absolute Gasteiger partial charge is 1.00 e. The molecule has 8 heteroatoms. The van der Waals surface area contributed by atoms with Crippen LogP contribution in [0.3, 0.4) is 0 Å². The first-order valence-electron chi connectivity index (χ1n) is 1.26. The van der Waals surface area contributed by atoms with Crippen molar-refractivity contribution in [3.63, 3.8) is 0 Å². The standard InChI is InChI=1S/C2H2O5.K.2Na.3H/c3-1(4)7-2(5)6;;;;;;/h(H,3,4)(H,5,6);;;;;;/q;3*+1;3*-1. The van der Waals surface area contributed by atoms with Crippen molar-refractivity contribution in [2.45, 2.75) is 0 Å². The van der Waals surface area contributed by atoms with E-state index in [1.54, 1.807) is 0 Å². The fourth-order valence-corrected chi connectivity index (χ4v) is 0.0747. The van der Waals surface area contributed by atoms with Crippen LogP contribution >= 0.6 is 0 Å². The minimum absolute atomic E-state index is 0. The van der Waals surface area contributed by atoms with Gasteiger partial charge in [-0.3, -0.25) is 0 Å². The number of rotatable bonds is 0. The Morgan fingerprint density at radius 1 is 1.10 bits per heavy atom. The second-order valence-electron chi connectivity index (χ2n) is 0.634. The van der Waals surface area contributed by atoms with E-state index < -0.39 is 12.3 Å². The molecular formula is C2H5KNa2O5. The Balaban J connectivity index is -0.0000000120. The van der Waals surface area contributed by atoms with E-state index in [0.717, 1.165) is 0 Å². The van der Waals surface area contributed by atoms with Crippen LogP contribution in [0.5, 0.6) is 0 Å². The molecule has 0 unspecified atom stereocenters. The van der Waals surface area contributed by atoms with Crippen molar-refractivity contribution in [1.29, 1.82) is 0 Å². The number of hydrogen-bond acceptors (Lipinski definition) is 3. The molecular weight excluding hydrogens is 189 g/mol. The van der Waals surface area contributed by atoms with Gasteiger partial charge in [0.05, 0.1) is 0 Å². The van der Waals surface area contributed by atoms with Gasteiger partial charge in [0.1, 0.15) is 0 Å². The van der Waals surface area contributed by atoms with E-state index in [0.29, 0.717) is 0 Å². The Bertz CT molecular complexity index is 104. The number of hydrogen-bond donors (Lipinski definition) is 2. The van der Waals surface area contributed by atoms with Gasteiger partial charge in [0.15, 0.2) is 0 Å². The molecule has 0 bridgehead atoms. The molecule has 0 atom stereocenters. The third-order valence-electron chi connectivity index (χ3n) is 0.175. The van der Waals surface area contributed by atoms with Gasteiger partial charge in [0, 0.05) is 0 Å². The molecule has 5 nitrogen and oxygen atoms in total. The van der Waals surface area contributed by atoms with Gasteiger partial charge in [-0.2, -0.15) is 0 Å². The van der Waals surface area contributed by atoms with E-state index in [-0.39, 0.29) is 115 Å². The molecule has 0 aromatic rings. The zero-order valence-electron chi connectivity index (χ0n) is 9.12. The molecule has 0 amide bonds. The third-order valence-corrected chi connectivity index (χ3v) is 0.175. The number of carboxylic acid groups (broad SMARTS) is 2. The second kappa shape index (κ2) is 13.9. The molecule has 0 aromatic carbocycles. The van der Waals surface area contributed by atoms with Gasteiger partial charge in [-0.25, -0.2) is 9.59 Å². The average molecular weight is 194 g/mol. The van der Waals surface area contributed by atoms with Gasteiger partial charge in [0.2, 0.25) is 0 Å². The predicted octanol–water partition coefficient (Wildman–Crippen LogP) is -8.29. The van der Waals surface area contributed by atoms with Crippen LogP contribution < -0.4 is 110 Å². The summed E-state index contributed by atoms with van der Waals surface area (Å²) in [5.74, 6) is 0. The molecule has 0 aromatic heterocycles. The van der Waals surface area contributed by atoms with Crippen molar-refractivity contribution in [1.82, 2.24) is 0 Å². The van der Waals surface area contributed by atoms with Crippen molar-refractivity contribution in [3.8, 4) is 0 Å². The monoisotopic (exact) mass is 194 g/mol. The summed E-state index contributed by atoms with van der Waals surface area (Å²) in [6.07, 6.45) is -3.62. The summed E-state index contributed by atoms with van der Waals surface area (Å²) in [6.45, 7) is 0. The minimum atomic E-state index is -1.81. The van der Waals surface area contributed by atoms with Gasteiger partial charge < -0.3 is 19.2 Å². The van der Waals surface area contributed by atoms with Crippen molar-refractivity contribution < 1.29 is 139 Å². The Kier molecular flexibility index (Phi) is 31.8. The molecule has 0 aliphatic heterocycles. The van der Waals surface area contributed by atoms with Crippen molar-refractivity contribution >= 4 is 12.3 Å². The molecule has 0 fully saturated rings. The third kappa shape index (κ3) is 22.4. The molecule has 10 heavy (non-hydrogen) atoms. The zero-order valence-corrected chi connectivity index (χ0v) is 13.2. The molecule has 0 rings (SSSR count). The van der Waals surface area contributed by atoms with Crippen LogP contribution in [0.15, 0.2) is 0 Å². The fourth-order valence-electron chi connectivity index (χ4n) is 0.0747. The second-order valence-corrected chi connectivity index (χ2v) is 0.634. The summed E-state index contributed by atoms with van der Waals surface area (Å²) < 4.78 is 3.08. The van der Waals surface area contributed by atoms with Crippen LogP contribution in [0.1, 0.15) is 4.28 Å². The van der Waals surface area contributed by atoms with E-state index in [1.165, 1.54) is 0 Å². The molecule has 2 N–H and O–H groups in total. The Morgan fingerprint density at radius 3 is 1.30 bits per heavy atom. The normalized spacial score (nSPS) is 5.20. The molecule has 0 heterocycles. The zero-order chi connectivity index (χ0) is 5.86. The van der Waals surface area contributed by atoms with Crippen LogP contribution in [0.2, 0.25) is 0 Å². The predicted molar refractivity (Wildman–Crippen MR) is 20.5 cm³/mol. The Morgan fingerprint density at radius 2 is 1.30 bits per heavy atom. The molecule has 0 aliphatic rings. The Labute approximate surface area is 148 Å². The summed E-state index contributed by atoms with van der Waals surface area (Å²) in [5, 5.41) is 15.0. The fraction of sp³-hybridized carbons (Fsp3) is 0. The summed E-state index contributed by atoms with van der Waals surface area (Å²) in [4.78, 5) is 18.4. The van der Waals surface area contributed by atoms with Crippen molar-refractivity contribution in [2.24, 2.45) is 0 Å². The van der Waals surface area contributed by atoms with Crippen LogP contribution in [0.4, 0.5) is 9.59 Å². The maximum absolute atomic E-state index is 9.21. The van der Waals surface area contributed by atoms with Gasteiger partial charge in [-0.15, -0.1) is 0 Å². The first-order chi connectivity index (χ1) is 3.13. The van der Waals surface area contributed by atoms with Crippen LogP contribution in [0, 0.1) is 0 Å². The summed E-state index contributed by atoms with van der Waals surface area (Å²) in [7, 11) is 0. The van der Waals surface area contributed by atoms with Crippen molar-refractivity contribution in [2.75, 3.05) is 0 Å². The smallest absolute Gasteiger partial charge is 1.00 e. The number of ether oxygens (including phenoxy) is 1. The van der Waals surface area contributed by atoms with Crippen LogP contribution in [0.25, 0.3) is 0 Å². The molecule has 46 valence electrons. The first kappa shape index (κ1) is 22.8. The topological polar surface area (TPSA) is 83.8 Å². The summed E-state index contributed by atoms with van der Waals surface area (Å²) >= 11 is 0. The van der Waals surface area contributed by atoms with E-state index in [9.17, 15) is 9.59 Å². The summed E-state index contributed by atoms with van der Waals surface area (Å²) in [5.41, 5.74) is 0. The van der Waals surface area contributed by atoms with E-state index in [2.05, 4.69) is 4.74 Å². The van der Waals surface area contributed by atoms with Gasteiger partial charge in [0.25, 0.3) is 0 Å². The molecule has 0 radical (unpaired) electrons. The maximum Gasteiger partial charge on any atom is 1.00 e. The molecule has 0 saturated heterocycles. The van der Waals surface area contributed by atoms with Crippen LogP contribution in [-0.2, 0) is 4.74 Å². The first-order valence-corrected chi connectivity index (χ1v) is 1.26. The van der Waals surface area contributed by atoms with Gasteiger partial charge >= 0.3 is 123 Å². The molecule has 0 spiro atoms. The molecule has 0 saturated carbocycles. The average Bonchev–Trinajstić information content (AvgIpc) is 1.27. The minimum Gasteiger partial charge on any atom is -1.00 e. The van der Waals surface area contributed by atoms with E-state index in [4.69, 9.17) is 10.2 Å². The van der Waals surface area contributed by atoms with Gasteiger partial charge in [-0.1, -0.05) is 0 Å². The van der Waals surface area contributed by atoms with E-state index in [1.807, 2.05) is 0 Å². The molecule has 0 aliphatic carbocycles. The maximum atomic E-state index is 9.21. The van der Waals surface area contributed by atoms with Crippen molar-refractivity contribution in [3.05, 3.63) is 0 Å². The summed E-state index contributed by atoms with van der Waals surface area (Å²) in [6, 6.07) is 0. The van der Waals surface area contributed by atoms with Gasteiger partial charge in [-0.05, 0) is 0 Å². The Hall–Kier alpha value is 2.38. The quantitative estimate of drug-likeness (QED) is 0.227.